The van der Waals surface area contributed by atoms with Gasteiger partial charge in [0.05, 0.1) is 11.4 Å². The molecule has 5 heteroatoms. The maximum Gasteiger partial charge on any atom is 0.251 e. The second kappa shape index (κ2) is 6.13. The first-order valence-electron chi connectivity index (χ1n) is 7.09. The number of hydrogen-bond donors (Lipinski definition) is 3. The molecular formula is C15H24N4O. The smallest absolute Gasteiger partial charge is 0.251 e. The number of rotatable bonds is 3. The molecule has 1 aromatic carbocycles. The molecule has 4 N–H and O–H groups in total. The molecule has 1 heterocycles. The van der Waals surface area contributed by atoms with Gasteiger partial charge in [-0.1, -0.05) is 0 Å². The lowest BCUT2D eigenvalue weighted by Crippen LogP contribution is -2.42. The van der Waals surface area contributed by atoms with Crippen LogP contribution in [0.1, 0.15) is 30.1 Å². The van der Waals surface area contributed by atoms with Gasteiger partial charge in [-0.3, -0.25) is 4.79 Å². The van der Waals surface area contributed by atoms with Crippen LogP contribution in [0.5, 0.6) is 0 Å². The third kappa shape index (κ3) is 3.22. The van der Waals surface area contributed by atoms with E-state index in [1.165, 1.54) is 0 Å². The summed E-state index contributed by atoms with van der Waals surface area (Å²) in [7, 11) is 3.78. The molecule has 1 aliphatic heterocycles. The minimum absolute atomic E-state index is 0.0928. The molecule has 0 spiro atoms. The predicted molar refractivity (Wildman–Crippen MR) is 83.0 cm³/mol. The molecule has 0 bridgehead atoms. The molecule has 1 fully saturated rings. The van der Waals surface area contributed by atoms with Gasteiger partial charge in [0.15, 0.2) is 0 Å². The van der Waals surface area contributed by atoms with Crippen molar-refractivity contribution in [3.63, 3.8) is 0 Å². The zero-order chi connectivity index (χ0) is 14.7. The van der Waals surface area contributed by atoms with Crippen LogP contribution < -0.4 is 16.4 Å². The highest BCUT2D eigenvalue weighted by atomic mass is 16.1. The summed E-state index contributed by atoms with van der Waals surface area (Å²) >= 11 is 0. The van der Waals surface area contributed by atoms with Crippen molar-refractivity contribution in [1.82, 2.24) is 10.2 Å². The van der Waals surface area contributed by atoms with Gasteiger partial charge in [0.1, 0.15) is 0 Å². The Morgan fingerprint density at radius 3 is 2.85 bits per heavy atom. The van der Waals surface area contributed by atoms with Gasteiger partial charge >= 0.3 is 0 Å². The molecule has 2 atom stereocenters. The van der Waals surface area contributed by atoms with E-state index in [1.807, 2.05) is 6.07 Å². The molecule has 110 valence electrons. The highest BCUT2D eigenvalue weighted by molar-refractivity contribution is 5.96. The van der Waals surface area contributed by atoms with Crippen LogP contribution >= 0.6 is 0 Å². The average Bonchev–Trinajstić information content (AvgIpc) is 2.44. The number of benzene rings is 1. The average molecular weight is 276 g/mol. The van der Waals surface area contributed by atoms with E-state index in [2.05, 4.69) is 29.5 Å². The largest absolute Gasteiger partial charge is 0.397 e. The van der Waals surface area contributed by atoms with Crippen LogP contribution in [0.4, 0.5) is 11.4 Å². The number of carbonyl (C=O) groups is 1. The van der Waals surface area contributed by atoms with Gasteiger partial charge in [-0.15, -0.1) is 0 Å². The second-order valence-electron chi connectivity index (χ2n) is 5.58. The zero-order valence-electron chi connectivity index (χ0n) is 12.4. The van der Waals surface area contributed by atoms with E-state index in [9.17, 15) is 4.79 Å². The minimum Gasteiger partial charge on any atom is -0.397 e. The van der Waals surface area contributed by atoms with E-state index in [0.29, 0.717) is 23.3 Å². The Bertz CT molecular complexity index is 489. The van der Waals surface area contributed by atoms with Crippen LogP contribution in [0.2, 0.25) is 0 Å². The normalized spacial score (nSPS) is 23.4. The lowest BCUT2D eigenvalue weighted by atomic mass is 9.98. The fourth-order valence-electron chi connectivity index (χ4n) is 2.61. The van der Waals surface area contributed by atoms with E-state index < -0.39 is 0 Å². The SMILES string of the molecule is CNC(=O)c1ccc(N)c(NC2CCN(C)C(C)C2)c1. The monoisotopic (exact) mass is 276 g/mol. The summed E-state index contributed by atoms with van der Waals surface area (Å²) in [5.41, 5.74) is 8.17. The molecule has 1 amide bonds. The summed E-state index contributed by atoms with van der Waals surface area (Å²) in [4.78, 5) is 14.0. The van der Waals surface area contributed by atoms with Crippen molar-refractivity contribution in [2.75, 3.05) is 31.7 Å². The number of hydrogen-bond acceptors (Lipinski definition) is 4. The first kappa shape index (κ1) is 14.7. The highest BCUT2D eigenvalue weighted by Crippen LogP contribution is 2.25. The fraction of sp³-hybridized carbons (Fsp3) is 0.533. The molecule has 0 aromatic heterocycles. The molecule has 2 unspecified atom stereocenters. The van der Waals surface area contributed by atoms with Crippen molar-refractivity contribution in [3.05, 3.63) is 23.8 Å². The van der Waals surface area contributed by atoms with Gasteiger partial charge in [0, 0.05) is 31.2 Å². The van der Waals surface area contributed by atoms with Crippen LogP contribution in [0.15, 0.2) is 18.2 Å². The van der Waals surface area contributed by atoms with E-state index in [-0.39, 0.29) is 5.91 Å². The summed E-state index contributed by atoms with van der Waals surface area (Å²) in [6, 6.07) is 6.33. The van der Waals surface area contributed by atoms with Gasteiger partial charge in [-0.25, -0.2) is 0 Å². The van der Waals surface area contributed by atoms with Gasteiger partial charge < -0.3 is 21.3 Å². The molecule has 1 aliphatic rings. The molecule has 1 aromatic rings. The molecule has 5 nitrogen and oxygen atoms in total. The summed E-state index contributed by atoms with van der Waals surface area (Å²) < 4.78 is 0. The van der Waals surface area contributed by atoms with Crippen LogP contribution in [0.3, 0.4) is 0 Å². The number of nitrogens with two attached hydrogens (primary N) is 1. The lowest BCUT2D eigenvalue weighted by molar-refractivity contribution is 0.0963. The Kier molecular flexibility index (Phi) is 4.49. The standard InChI is InChI=1S/C15H24N4O/c1-10-8-12(6-7-19(10)3)18-14-9-11(15(20)17-2)4-5-13(14)16/h4-5,9-10,12,18H,6-8,16H2,1-3H3,(H,17,20). The van der Waals surface area contributed by atoms with Gasteiger partial charge in [0.25, 0.3) is 5.91 Å². The van der Waals surface area contributed by atoms with E-state index in [1.54, 1.807) is 19.2 Å². The zero-order valence-corrected chi connectivity index (χ0v) is 12.4. The number of nitrogen functional groups attached to an aromatic ring is 1. The van der Waals surface area contributed by atoms with Crippen molar-refractivity contribution in [2.24, 2.45) is 0 Å². The van der Waals surface area contributed by atoms with Crippen molar-refractivity contribution < 1.29 is 4.79 Å². The quantitative estimate of drug-likeness (QED) is 0.732. The number of nitrogens with zero attached hydrogens (tertiary/aromatic N) is 1. The topological polar surface area (TPSA) is 70.4 Å². The van der Waals surface area contributed by atoms with E-state index >= 15 is 0 Å². The molecule has 2 rings (SSSR count). The third-order valence-electron chi connectivity index (χ3n) is 4.11. The Hall–Kier alpha value is -1.75. The number of piperidine rings is 1. The van der Waals surface area contributed by atoms with Gasteiger partial charge in [-0.05, 0) is 45.0 Å². The van der Waals surface area contributed by atoms with Crippen molar-refractivity contribution in [2.45, 2.75) is 31.8 Å². The Balaban J connectivity index is 2.10. The van der Waals surface area contributed by atoms with Crippen molar-refractivity contribution in [3.8, 4) is 0 Å². The molecular weight excluding hydrogens is 252 g/mol. The van der Waals surface area contributed by atoms with Gasteiger partial charge in [0.2, 0.25) is 0 Å². The van der Waals surface area contributed by atoms with Crippen molar-refractivity contribution >= 4 is 17.3 Å². The first-order chi connectivity index (χ1) is 9.51. The van der Waals surface area contributed by atoms with Crippen LogP contribution in [0.25, 0.3) is 0 Å². The van der Waals surface area contributed by atoms with Crippen LogP contribution in [-0.4, -0.2) is 43.5 Å². The van der Waals surface area contributed by atoms with Gasteiger partial charge in [-0.2, -0.15) is 0 Å². The number of amides is 1. The Morgan fingerprint density at radius 2 is 2.20 bits per heavy atom. The highest BCUT2D eigenvalue weighted by Gasteiger charge is 2.23. The number of anilines is 2. The summed E-state index contributed by atoms with van der Waals surface area (Å²) in [5, 5.41) is 6.12. The number of nitrogens with one attached hydrogen (secondary N) is 2. The van der Waals surface area contributed by atoms with Crippen LogP contribution in [-0.2, 0) is 0 Å². The molecule has 0 radical (unpaired) electrons. The molecule has 0 saturated carbocycles. The summed E-state index contributed by atoms with van der Waals surface area (Å²) in [6.45, 7) is 3.31. The number of likely N-dealkylation sites (tertiary alicyclic amines) is 1. The van der Waals surface area contributed by atoms with Crippen LogP contribution in [0, 0.1) is 0 Å². The Morgan fingerprint density at radius 1 is 1.45 bits per heavy atom. The maximum absolute atomic E-state index is 11.7. The summed E-state index contributed by atoms with van der Waals surface area (Å²) in [6.07, 6.45) is 2.17. The van der Waals surface area contributed by atoms with Crippen molar-refractivity contribution in [1.29, 1.82) is 0 Å². The minimum atomic E-state index is -0.0928. The second-order valence-corrected chi connectivity index (χ2v) is 5.58. The molecule has 0 aliphatic carbocycles. The third-order valence-corrected chi connectivity index (χ3v) is 4.11. The van der Waals surface area contributed by atoms with E-state index in [0.717, 1.165) is 25.1 Å². The number of carbonyl (C=O) groups excluding carboxylic acids is 1. The molecule has 20 heavy (non-hydrogen) atoms. The fourth-order valence-corrected chi connectivity index (χ4v) is 2.61. The summed E-state index contributed by atoms with van der Waals surface area (Å²) in [5.74, 6) is -0.0928. The Labute approximate surface area is 120 Å². The first-order valence-corrected chi connectivity index (χ1v) is 7.09. The predicted octanol–water partition coefficient (Wildman–Crippen LogP) is 1.52. The maximum atomic E-state index is 11.7. The van der Waals surface area contributed by atoms with E-state index in [4.69, 9.17) is 5.73 Å². The lowest BCUT2D eigenvalue weighted by Gasteiger charge is -2.36. The molecule has 1 saturated heterocycles.